The molecule has 0 spiro atoms. The lowest BCUT2D eigenvalue weighted by molar-refractivity contribution is -0.149. The predicted molar refractivity (Wildman–Crippen MR) is 78.1 cm³/mol. The number of nitrogens with two attached hydrogens (primary N) is 1. The normalized spacial score (nSPS) is 17.2. The lowest BCUT2D eigenvalue weighted by Gasteiger charge is -2.33. The molecule has 0 radical (unpaired) electrons. The van der Waals surface area contributed by atoms with Crippen molar-refractivity contribution in [1.29, 1.82) is 0 Å². The Labute approximate surface area is 121 Å². The molecule has 20 heavy (non-hydrogen) atoms. The van der Waals surface area contributed by atoms with E-state index in [1.54, 1.807) is 4.90 Å². The van der Waals surface area contributed by atoms with Crippen molar-refractivity contribution in [2.24, 2.45) is 11.7 Å². The zero-order valence-corrected chi connectivity index (χ0v) is 13.0. The highest BCUT2D eigenvalue weighted by Gasteiger charge is 2.40. The summed E-state index contributed by atoms with van der Waals surface area (Å²) >= 11 is 0. The number of hydrogen-bond acceptors (Lipinski definition) is 4. The topological polar surface area (TPSA) is 72.6 Å². The Morgan fingerprint density at radius 3 is 2.25 bits per heavy atom. The molecule has 0 atom stereocenters. The average molecular weight is 284 g/mol. The molecule has 0 unspecified atom stereocenters. The SMILES string of the molecule is CCC(CC)CN(CC(=O)OC)C(=O)C1(N)CCCC1. The van der Waals surface area contributed by atoms with Crippen LogP contribution in [-0.4, -0.2) is 42.5 Å². The minimum absolute atomic E-state index is 0.00475. The maximum atomic E-state index is 12.7. The van der Waals surface area contributed by atoms with Gasteiger partial charge in [-0.1, -0.05) is 39.5 Å². The highest BCUT2D eigenvalue weighted by atomic mass is 16.5. The summed E-state index contributed by atoms with van der Waals surface area (Å²) in [7, 11) is 1.34. The van der Waals surface area contributed by atoms with Crippen molar-refractivity contribution in [3.8, 4) is 0 Å². The monoisotopic (exact) mass is 284 g/mol. The summed E-state index contributed by atoms with van der Waals surface area (Å²) in [6.07, 6.45) is 5.37. The van der Waals surface area contributed by atoms with E-state index < -0.39 is 5.54 Å². The fourth-order valence-corrected chi connectivity index (χ4v) is 2.83. The number of amides is 1. The molecule has 1 rings (SSSR count). The standard InChI is InChI=1S/C15H28N2O3/c1-4-12(5-2)10-17(11-13(18)20-3)14(19)15(16)8-6-7-9-15/h12H,4-11,16H2,1-3H3. The second-order valence-corrected chi connectivity index (χ2v) is 5.81. The lowest BCUT2D eigenvalue weighted by atomic mass is 9.95. The van der Waals surface area contributed by atoms with Crippen LogP contribution >= 0.6 is 0 Å². The third kappa shape index (κ3) is 4.20. The van der Waals surface area contributed by atoms with Crippen molar-refractivity contribution in [1.82, 2.24) is 4.90 Å². The first-order chi connectivity index (χ1) is 9.46. The highest BCUT2D eigenvalue weighted by molar-refractivity contribution is 5.89. The zero-order valence-electron chi connectivity index (χ0n) is 13.0. The molecule has 5 heteroatoms. The summed E-state index contributed by atoms with van der Waals surface area (Å²) in [5.41, 5.74) is 5.46. The number of ether oxygens (including phenoxy) is 1. The van der Waals surface area contributed by atoms with E-state index in [9.17, 15) is 9.59 Å². The van der Waals surface area contributed by atoms with Gasteiger partial charge in [-0.15, -0.1) is 0 Å². The number of hydrogen-bond donors (Lipinski definition) is 1. The van der Waals surface area contributed by atoms with Crippen molar-refractivity contribution in [3.05, 3.63) is 0 Å². The minimum Gasteiger partial charge on any atom is -0.468 e. The number of carbonyl (C=O) groups is 2. The number of rotatable bonds is 7. The van der Waals surface area contributed by atoms with Crippen LogP contribution in [0.4, 0.5) is 0 Å². The maximum Gasteiger partial charge on any atom is 0.325 e. The molecule has 5 nitrogen and oxygen atoms in total. The highest BCUT2D eigenvalue weighted by Crippen LogP contribution is 2.29. The zero-order chi connectivity index (χ0) is 15.2. The van der Waals surface area contributed by atoms with E-state index in [2.05, 4.69) is 13.8 Å². The van der Waals surface area contributed by atoms with Crippen LogP contribution in [0.1, 0.15) is 52.4 Å². The van der Waals surface area contributed by atoms with Gasteiger partial charge in [-0.05, 0) is 18.8 Å². The predicted octanol–water partition coefficient (Wildman–Crippen LogP) is 1.70. The van der Waals surface area contributed by atoms with Gasteiger partial charge in [0.1, 0.15) is 6.54 Å². The van der Waals surface area contributed by atoms with Crippen LogP contribution in [0.3, 0.4) is 0 Å². The minimum atomic E-state index is -0.778. The molecule has 1 amide bonds. The molecule has 0 aromatic rings. The Kier molecular flexibility index (Phi) is 6.46. The molecule has 0 bridgehead atoms. The van der Waals surface area contributed by atoms with E-state index in [0.29, 0.717) is 25.3 Å². The van der Waals surface area contributed by atoms with Crippen molar-refractivity contribution in [2.75, 3.05) is 20.2 Å². The molecular formula is C15H28N2O3. The van der Waals surface area contributed by atoms with Crippen LogP contribution in [0, 0.1) is 5.92 Å². The molecule has 0 aliphatic heterocycles. The van der Waals surface area contributed by atoms with Crippen molar-refractivity contribution in [2.45, 2.75) is 57.9 Å². The second kappa shape index (κ2) is 7.62. The van der Waals surface area contributed by atoms with Gasteiger partial charge >= 0.3 is 5.97 Å². The van der Waals surface area contributed by atoms with Crippen LogP contribution in [0.2, 0.25) is 0 Å². The van der Waals surface area contributed by atoms with Crippen LogP contribution in [0.25, 0.3) is 0 Å². The van der Waals surface area contributed by atoms with E-state index in [-0.39, 0.29) is 18.4 Å². The fourth-order valence-electron chi connectivity index (χ4n) is 2.83. The third-order valence-electron chi connectivity index (χ3n) is 4.39. The molecule has 1 aliphatic rings. The Hall–Kier alpha value is -1.10. The molecular weight excluding hydrogens is 256 g/mol. The molecule has 1 saturated carbocycles. The van der Waals surface area contributed by atoms with Crippen molar-refractivity contribution in [3.63, 3.8) is 0 Å². The Morgan fingerprint density at radius 1 is 1.25 bits per heavy atom. The summed E-state index contributed by atoms with van der Waals surface area (Å²) in [5, 5.41) is 0. The third-order valence-corrected chi connectivity index (χ3v) is 4.39. The average Bonchev–Trinajstić information content (AvgIpc) is 2.90. The largest absolute Gasteiger partial charge is 0.468 e. The van der Waals surface area contributed by atoms with Gasteiger partial charge in [0.2, 0.25) is 5.91 Å². The molecule has 2 N–H and O–H groups in total. The Balaban J connectivity index is 2.79. The summed E-state index contributed by atoms with van der Waals surface area (Å²) < 4.78 is 4.70. The van der Waals surface area contributed by atoms with Gasteiger partial charge in [0.25, 0.3) is 0 Å². The van der Waals surface area contributed by atoms with E-state index in [4.69, 9.17) is 10.5 Å². The van der Waals surface area contributed by atoms with Gasteiger partial charge in [0, 0.05) is 6.54 Å². The van der Waals surface area contributed by atoms with E-state index in [1.165, 1.54) is 7.11 Å². The first-order valence-electron chi connectivity index (χ1n) is 7.61. The van der Waals surface area contributed by atoms with Crippen LogP contribution in [0.5, 0.6) is 0 Å². The van der Waals surface area contributed by atoms with Crippen LogP contribution in [-0.2, 0) is 14.3 Å². The van der Waals surface area contributed by atoms with Gasteiger partial charge in [-0.2, -0.15) is 0 Å². The van der Waals surface area contributed by atoms with Crippen molar-refractivity contribution < 1.29 is 14.3 Å². The number of esters is 1. The molecule has 0 heterocycles. The smallest absolute Gasteiger partial charge is 0.325 e. The van der Waals surface area contributed by atoms with E-state index in [0.717, 1.165) is 25.7 Å². The van der Waals surface area contributed by atoms with Crippen LogP contribution < -0.4 is 5.73 Å². The first-order valence-corrected chi connectivity index (χ1v) is 7.61. The first kappa shape index (κ1) is 17.0. The number of carbonyl (C=O) groups excluding carboxylic acids is 2. The second-order valence-electron chi connectivity index (χ2n) is 5.81. The number of nitrogens with zero attached hydrogens (tertiary/aromatic N) is 1. The maximum absolute atomic E-state index is 12.7. The quantitative estimate of drug-likeness (QED) is 0.722. The summed E-state index contributed by atoms with van der Waals surface area (Å²) in [5.74, 6) is -0.0770. The Bertz CT molecular complexity index is 334. The van der Waals surface area contributed by atoms with Gasteiger partial charge < -0.3 is 15.4 Å². The molecule has 116 valence electrons. The van der Waals surface area contributed by atoms with Crippen LogP contribution in [0.15, 0.2) is 0 Å². The van der Waals surface area contributed by atoms with Gasteiger partial charge in [-0.25, -0.2) is 0 Å². The van der Waals surface area contributed by atoms with Crippen molar-refractivity contribution >= 4 is 11.9 Å². The van der Waals surface area contributed by atoms with E-state index in [1.807, 2.05) is 0 Å². The van der Waals surface area contributed by atoms with E-state index >= 15 is 0 Å². The van der Waals surface area contributed by atoms with Gasteiger partial charge in [-0.3, -0.25) is 9.59 Å². The Morgan fingerprint density at radius 2 is 1.80 bits per heavy atom. The molecule has 0 saturated heterocycles. The van der Waals surface area contributed by atoms with Gasteiger partial charge in [0.15, 0.2) is 0 Å². The summed E-state index contributed by atoms with van der Waals surface area (Å²) in [4.78, 5) is 25.8. The molecule has 1 aliphatic carbocycles. The lowest BCUT2D eigenvalue weighted by Crippen LogP contribution is -2.55. The molecule has 0 aromatic carbocycles. The van der Waals surface area contributed by atoms with Gasteiger partial charge in [0.05, 0.1) is 12.6 Å². The fraction of sp³-hybridized carbons (Fsp3) is 0.867. The molecule has 1 fully saturated rings. The number of methoxy groups -OCH3 is 1. The summed E-state index contributed by atoms with van der Waals surface area (Å²) in [6, 6.07) is 0. The summed E-state index contributed by atoms with van der Waals surface area (Å²) in [6.45, 7) is 4.79. The molecule has 0 aromatic heterocycles.